The Morgan fingerprint density at radius 3 is 2.89 bits per heavy atom. The molecule has 0 radical (unpaired) electrons. The van der Waals surface area contributed by atoms with Gasteiger partial charge in [-0.3, -0.25) is 0 Å². The molecule has 2 unspecified atom stereocenters. The number of anilines is 2. The summed E-state index contributed by atoms with van der Waals surface area (Å²) < 4.78 is 31.1. The number of nitrogens with two attached hydrogens (primary N) is 1. The summed E-state index contributed by atoms with van der Waals surface area (Å²) in [6.07, 6.45) is -2.44. The maximum Gasteiger partial charge on any atom is 0.265 e. The van der Waals surface area contributed by atoms with Crippen molar-refractivity contribution in [2.75, 3.05) is 24.2 Å². The van der Waals surface area contributed by atoms with Gasteiger partial charge in [-0.25, -0.2) is 8.78 Å². The van der Waals surface area contributed by atoms with Crippen LogP contribution >= 0.6 is 0 Å². The highest BCUT2D eigenvalue weighted by molar-refractivity contribution is 5.58. The zero-order valence-electron chi connectivity index (χ0n) is 10.7. The number of nitrogens with one attached hydrogen (secondary N) is 1. The molecule has 1 saturated heterocycles. The van der Waals surface area contributed by atoms with Crippen LogP contribution in [0.25, 0.3) is 0 Å². The first kappa shape index (κ1) is 14.0. The first-order valence-corrected chi connectivity index (χ1v) is 6.18. The SMILES string of the molecule is CC1OCCC1(O)CNc1ccc(N)cc1C(F)F. The van der Waals surface area contributed by atoms with Crippen LogP contribution in [0.1, 0.15) is 25.3 Å². The van der Waals surface area contributed by atoms with Crippen LogP contribution in [-0.2, 0) is 4.74 Å². The molecule has 1 aromatic carbocycles. The molecule has 0 saturated carbocycles. The average molecular weight is 272 g/mol. The second-order valence-electron chi connectivity index (χ2n) is 4.87. The minimum absolute atomic E-state index is 0.157. The van der Waals surface area contributed by atoms with Crippen molar-refractivity contribution in [1.82, 2.24) is 0 Å². The Morgan fingerprint density at radius 1 is 1.58 bits per heavy atom. The Morgan fingerprint density at radius 2 is 2.32 bits per heavy atom. The summed E-state index contributed by atoms with van der Waals surface area (Å²) in [5, 5.41) is 13.2. The van der Waals surface area contributed by atoms with E-state index in [1.807, 2.05) is 0 Å². The number of benzene rings is 1. The molecular weight excluding hydrogens is 254 g/mol. The van der Waals surface area contributed by atoms with Crippen LogP contribution in [0.2, 0.25) is 0 Å². The first-order valence-electron chi connectivity index (χ1n) is 6.18. The van der Waals surface area contributed by atoms with Crippen molar-refractivity contribution < 1.29 is 18.6 Å². The Balaban J connectivity index is 2.11. The van der Waals surface area contributed by atoms with Gasteiger partial charge in [-0.2, -0.15) is 0 Å². The fourth-order valence-corrected chi connectivity index (χ4v) is 2.17. The van der Waals surface area contributed by atoms with Gasteiger partial charge < -0.3 is 20.9 Å². The quantitative estimate of drug-likeness (QED) is 0.735. The fraction of sp³-hybridized carbons (Fsp3) is 0.538. The van der Waals surface area contributed by atoms with E-state index in [2.05, 4.69) is 5.32 Å². The fourth-order valence-electron chi connectivity index (χ4n) is 2.17. The molecule has 2 rings (SSSR count). The monoisotopic (exact) mass is 272 g/mol. The Bertz CT molecular complexity index is 456. The number of hydrogen-bond donors (Lipinski definition) is 3. The molecular formula is C13H18F2N2O2. The van der Waals surface area contributed by atoms with Gasteiger partial charge in [-0.1, -0.05) is 0 Å². The standard InChI is InChI=1S/C13H18F2N2O2/c1-8-13(18,4-5-19-8)7-17-11-3-2-9(16)6-10(11)12(14)15/h2-3,6,8,12,17-18H,4-5,7,16H2,1H3. The minimum atomic E-state index is -2.61. The number of alkyl halides is 2. The Labute approximate surface area is 110 Å². The van der Waals surface area contributed by atoms with Crippen LogP contribution in [0, 0.1) is 0 Å². The van der Waals surface area contributed by atoms with Crippen LogP contribution in [-0.4, -0.2) is 30.0 Å². The molecule has 0 amide bonds. The van der Waals surface area contributed by atoms with E-state index in [1.165, 1.54) is 12.1 Å². The van der Waals surface area contributed by atoms with Gasteiger partial charge in [0.05, 0.1) is 6.10 Å². The van der Waals surface area contributed by atoms with Gasteiger partial charge in [0.25, 0.3) is 6.43 Å². The number of aliphatic hydroxyl groups is 1. The van der Waals surface area contributed by atoms with Crippen LogP contribution in [0.15, 0.2) is 18.2 Å². The van der Waals surface area contributed by atoms with E-state index in [-0.39, 0.29) is 29.6 Å². The second kappa shape index (κ2) is 5.30. The summed E-state index contributed by atoms with van der Waals surface area (Å²) in [5.41, 5.74) is 4.89. The van der Waals surface area contributed by atoms with Gasteiger partial charge in [-0.05, 0) is 25.1 Å². The lowest BCUT2D eigenvalue weighted by molar-refractivity contribution is -0.0176. The second-order valence-corrected chi connectivity index (χ2v) is 4.87. The number of ether oxygens (including phenoxy) is 1. The lowest BCUT2D eigenvalue weighted by Crippen LogP contribution is -2.43. The van der Waals surface area contributed by atoms with E-state index in [0.717, 1.165) is 0 Å². The van der Waals surface area contributed by atoms with E-state index < -0.39 is 12.0 Å². The Hall–Kier alpha value is -1.40. The summed E-state index contributed by atoms with van der Waals surface area (Å²) in [5.74, 6) is 0. The molecule has 2 atom stereocenters. The summed E-state index contributed by atoms with van der Waals surface area (Å²) in [6.45, 7) is 2.41. The molecule has 0 aromatic heterocycles. The molecule has 0 bridgehead atoms. The maximum absolute atomic E-state index is 12.9. The third-order valence-corrected chi connectivity index (χ3v) is 3.56. The summed E-state index contributed by atoms with van der Waals surface area (Å²) in [6, 6.07) is 4.29. The highest BCUT2D eigenvalue weighted by Crippen LogP contribution is 2.31. The van der Waals surface area contributed by atoms with Gasteiger partial charge >= 0.3 is 0 Å². The van der Waals surface area contributed by atoms with Crippen molar-refractivity contribution >= 4 is 11.4 Å². The van der Waals surface area contributed by atoms with E-state index in [0.29, 0.717) is 13.0 Å². The Kier molecular flexibility index (Phi) is 3.91. The van der Waals surface area contributed by atoms with Crippen LogP contribution in [0.3, 0.4) is 0 Å². The van der Waals surface area contributed by atoms with Crippen molar-refractivity contribution in [3.63, 3.8) is 0 Å². The van der Waals surface area contributed by atoms with E-state index in [4.69, 9.17) is 10.5 Å². The van der Waals surface area contributed by atoms with Crippen LogP contribution in [0.4, 0.5) is 20.2 Å². The van der Waals surface area contributed by atoms with Gasteiger partial charge in [0.2, 0.25) is 0 Å². The highest BCUT2D eigenvalue weighted by Gasteiger charge is 2.39. The number of hydrogen-bond acceptors (Lipinski definition) is 4. The lowest BCUT2D eigenvalue weighted by Gasteiger charge is -2.27. The van der Waals surface area contributed by atoms with E-state index >= 15 is 0 Å². The smallest absolute Gasteiger partial charge is 0.265 e. The maximum atomic E-state index is 12.9. The van der Waals surface area contributed by atoms with Gasteiger partial charge in [0.1, 0.15) is 5.60 Å². The van der Waals surface area contributed by atoms with Crippen molar-refractivity contribution in [3.8, 4) is 0 Å². The average Bonchev–Trinajstić information content (AvgIpc) is 2.68. The van der Waals surface area contributed by atoms with E-state index in [1.54, 1.807) is 13.0 Å². The number of rotatable bonds is 4. The van der Waals surface area contributed by atoms with Crippen molar-refractivity contribution in [2.24, 2.45) is 0 Å². The molecule has 4 N–H and O–H groups in total. The molecule has 19 heavy (non-hydrogen) atoms. The third kappa shape index (κ3) is 2.96. The largest absolute Gasteiger partial charge is 0.399 e. The molecule has 106 valence electrons. The minimum Gasteiger partial charge on any atom is -0.399 e. The predicted molar refractivity (Wildman–Crippen MR) is 69.3 cm³/mol. The first-order chi connectivity index (χ1) is 8.92. The summed E-state index contributed by atoms with van der Waals surface area (Å²) in [7, 11) is 0. The molecule has 6 heteroatoms. The zero-order valence-corrected chi connectivity index (χ0v) is 10.7. The van der Waals surface area contributed by atoms with Crippen molar-refractivity contribution in [2.45, 2.75) is 31.5 Å². The normalized spacial score (nSPS) is 26.9. The molecule has 0 spiro atoms. The summed E-state index contributed by atoms with van der Waals surface area (Å²) in [4.78, 5) is 0. The lowest BCUT2D eigenvalue weighted by atomic mass is 9.96. The molecule has 1 heterocycles. The van der Waals surface area contributed by atoms with Crippen LogP contribution in [0.5, 0.6) is 0 Å². The molecule has 0 aliphatic carbocycles. The van der Waals surface area contributed by atoms with Gasteiger partial charge in [-0.15, -0.1) is 0 Å². The van der Waals surface area contributed by atoms with Gasteiger partial charge in [0, 0.05) is 36.5 Å². The van der Waals surface area contributed by atoms with Crippen LogP contribution < -0.4 is 11.1 Å². The molecule has 1 aromatic rings. The highest BCUT2D eigenvalue weighted by atomic mass is 19.3. The summed E-state index contributed by atoms with van der Waals surface area (Å²) >= 11 is 0. The van der Waals surface area contributed by atoms with Crippen molar-refractivity contribution in [1.29, 1.82) is 0 Å². The third-order valence-electron chi connectivity index (χ3n) is 3.56. The molecule has 1 aliphatic heterocycles. The topological polar surface area (TPSA) is 67.5 Å². The van der Waals surface area contributed by atoms with Crippen molar-refractivity contribution in [3.05, 3.63) is 23.8 Å². The number of halogens is 2. The molecule has 4 nitrogen and oxygen atoms in total. The molecule has 1 fully saturated rings. The van der Waals surface area contributed by atoms with Gasteiger partial charge in [0.15, 0.2) is 0 Å². The molecule has 1 aliphatic rings. The predicted octanol–water partition coefficient (Wildman–Crippen LogP) is 2.16. The zero-order chi connectivity index (χ0) is 14.0. The van der Waals surface area contributed by atoms with E-state index in [9.17, 15) is 13.9 Å². The number of nitrogen functional groups attached to an aromatic ring is 1.